The number of benzene rings is 2. The first kappa shape index (κ1) is 13.3. The van der Waals surface area contributed by atoms with E-state index in [1.54, 1.807) is 6.07 Å². The molecule has 4 heteroatoms. The van der Waals surface area contributed by atoms with Gasteiger partial charge in [0.25, 0.3) is 0 Å². The maximum atomic E-state index is 6.34. The van der Waals surface area contributed by atoms with E-state index < -0.39 is 0 Å². The van der Waals surface area contributed by atoms with Crippen molar-refractivity contribution in [2.75, 3.05) is 0 Å². The quantitative estimate of drug-likeness (QED) is 0.817. The number of halogens is 3. The van der Waals surface area contributed by atoms with Gasteiger partial charge in [-0.25, -0.2) is 0 Å². The highest BCUT2D eigenvalue weighted by atomic mass is 35.5. The molecule has 1 aliphatic carbocycles. The van der Waals surface area contributed by atoms with Gasteiger partial charge >= 0.3 is 0 Å². The molecule has 0 aliphatic heterocycles. The van der Waals surface area contributed by atoms with Crippen molar-refractivity contribution in [1.29, 1.82) is 0 Å². The van der Waals surface area contributed by atoms with Crippen molar-refractivity contribution in [2.24, 2.45) is 5.73 Å². The highest BCUT2D eigenvalue weighted by Crippen LogP contribution is 2.43. The van der Waals surface area contributed by atoms with Gasteiger partial charge in [0.15, 0.2) is 0 Å². The zero-order valence-corrected chi connectivity index (χ0v) is 12.3. The van der Waals surface area contributed by atoms with Crippen LogP contribution in [0.4, 0.5) is 0 Å². The van der Waals surface area contributed by atoms with E-state index in [9.17, 15) is 0 Å². The first-order chi connectivity index (χ1) is 9.06. The number of hydrogen-bond acceptors (Lipinski definition) is 1. The second kappa shape index (κ2) is 4.99. The van der Waals surface area contributed by atoms with E-state index in [4.69, 9.17) is 40.5 Å². The number of hydrogen-bond donors (Lipinski definition) is 1. The normalized spacial score (nSPS) is 21.5. The predicted octanol–water partition coefficient (Wildman–Crippen LogP) is 5.13. The fourth-order valence-corrected chi connectivity index (χ4v) is 2.87. The minimum Gasteiger partial charge on any atom is -0.327 e. The second-order valence-corrected chi connectivity index (χ2v) is 6.09. The minimum absolute atomic E-state index is 0.258. The zero-order valence-electron chi connectivity index (χ0n) is 10.0. The third-order valence-electron chi connectivity index (χ3n) is 3.49. The summed E-state index contributed by atoms with van der Waals surface area (Å²) >= 11 is 18.3. The van der Waals surface area contributed by atoms with Crippen molar-refractivity contribution >= 4 is 34.8 Å². The lowest BCUT2D eigenvalue weighted by atomic mass is 10.0. The molecule has 2 unspecified atom stereocenters. The molecule has 19 heavy (non-hydrogen) atoms. The summed E-state index contributed by atoms with van der Waals surface area (Å²) in [5, 5.41) is 1.86. The monoisotopic (exact) mass is 311 g/mol. The molecule has 98 valence electrons. The van der Waals surface area contributed by atoms with Crippen LogP contribution in [0.2, 0.25) is 15.1 Å². The molecule has 1 fully saturated rings. The summed E-state index contributed by atoms with van der Waals surface area (Å²) in [7, 11) is 0. The largest absolute Gasteiger partial charge is 0.327 e. The molecular formula is C15H12Cl3N. The van der Waals surface area contributed by atoms with E-state index in [2.05, 4.69) is 6.07 Å². The van der Waals surface area contributed by atoms with E-state index in [1.807, 2.05) is 24.3 Å². The summed E-state index contributed by atoms with van der Waals surface area (Å²) in [6.07, 6.45) is 1.02. The van der Waals surface area contributed by atoms with Crippen LogP contribution in [-0.2, 0) is 0 Å². The molecule has 0 saturated heterocycles. The van der Waals surface area contributed by atoms with Crippen LogP contribution >= 0.6 is 34.8 Å². The fourth-order valence-electron chi connectivity index (χ4n) is 2.26. The Morgan fingerprint density at radius 2 is 1.42 bits per heavy atom. The van der Waals surface area contributed by atoms with Crippen LogP contribution in [0.3, 0.4) is 0 Å². The van der Waals surface area contributed by atoms with E-state index in [0.717, 1.165) is 28.1 Å². The Labute approximate surface area is 127 Å². The number of nitrogens with two attached hydrogens (primary N) is 1. The molecule has 0 aromatic heterocycles. The molecule has 2 aromatic carbocycles. The van der Waals surface area contributed by atoms with Gasteiger partial charge in [0.05, 0.1) is 10.0 Å². The lowest BCUT2D eigenvalue weighted by Crippen LogP contribution is -2.01. The average molecular weight is 313 g/mol. The summed E-state index contributed by atoms with van der Waals surface area (Å²) in [4.78, 5) is 0. The molecule has 2 aromatic rings. The molecule has 0 bridgehead atoms. The predicted molar refractivity (Wildman–Crippen MR) is 82.2 cm³/mol. The third-order valence-corrected chi connectivity index (χ3v) is 4.56. The Morgan fingerprint density at radius 1 is 0.842 bits per heavy atom. The molecule has 0 radical (unpaired) electrons. The van der Waals surface area contributed by atoms with Gasteiger partial charge in [0, 0.05) is 17.0 Å². The van der Waals surface area contributed by atoms with Gasteiger partial charge in [-0.2, -0.15) is 0 Å². The zero-order chi connectivity index (χ0) is 13.6. The third kappa shape index (κ3) is 2.61. The molecule has 2 atom stereocenters. The Hall–Kier alpha value is -0.730. The standard InChI is InChI=1S/C15H12Cl3N/c16-12-4-2-9(6-14(12)18)8-1-3-10(13(17)5-8)11-7-15(11)19/h1-6,11,15H,7,19H2. The van der Waals surface area contributed by atoms with Crippen molar-refractivity contribution in [3.8, 4) is 11.1 Å². The SMILES string of the molecule is NC1CC1c1ccc(-c2ccc(Cl)c(Cl)c2)cc1Cl. The van der Waals surface area contributed by atoms with Gasteiger partial charge in [-0.3, -0.25) is 0 Å². The summed E-state index contributed by atoms with van der Waals surface area (Å²) in [5.41, 5.74) is 9.03. The average Bonchev–Trinajstić information content (AvgIpc) is 3.09. The summed E-state index contributed by atoms with van der Waals surface area (Å²) < 4.78 is 0. The van der Waals surface area contributed by atoms with E-state index in [0.29, 0.717) is 16.0 Å². The topological polar surface area (TPSA) is 26.0 Å². The molecule has 1 saturated carbocycles. The van der Waals surface area contributed by atoms with E-state index >= 15 is 0 Å². The molecule has 0 spiro atoms. The van der Waals surface area contributed by atoms with Crippen molar-refractivity contribution in [3.05, 3.63) is 57.0 Å². The lowest BCUT2D eigenvalue weighted by molar-refractivity contribution is 0.991. The van der Waals surface area contributed by atoms with E-state index in [-0.39, 0.29) is 6.04 Å². The summed E-state index contributed by atoms with van der Waals surface area (Å²) in [6, 6.07) is 11.9. The molecular weight excluding hydrogens is 301 g/mol. The highest BCUT2D eigenvalue weighted by molar-refractivity contribution is 6.42. The van der Waals surface area contributed by atoms with E-state index in [1.165, 1.54) is 0 Å². The fraction of sp³-hybridized carbons (Fsp3) is 0.200. The molecule has 2 N–H and O–H groups in total. The van der Waals surface area contributed by atoms with Gasteiger partial charge in [-0.1, -0.05) is 53.0 Å². The molecule has 3 rings (SSSR count). The van der Waals surface area contributed by atoms with Crippen LogP contribution in [0.15, 0.2) is 36.4 Å². The van der Waals surface area contributed by atoms with Gasteiger partial charge in [0.2, 0.25) is 0 Å². The molecule has 1 nitrogen and oxygen atoms in total. The maximum absolute atomic E-state index is 6.34. The molecule has 1 aliphatic rings. The van der Waals surface area contributed by atoms with Crippen molar-refractivity contribution in [1.82, 2.24) is 0 Å². The Balaban J connectivity index is 1.97. The summed E-state index contributed by atoms with van der Waals surface area (Å²) in [5.74, 6) is 0.412. The lowest BCUT2D eigenvalue weighted by Gasteiger charge is -2.08. The Morgan fingerprint density at radius 3 is 1.95 bits per heavy atom. The van der Waals surface area contributed by atoms with Gasteiger partial charge < -0.3 is 5.73 Å². The first-order valence-corrected chi connectivity index (χ1v) is 7.20. The van der Waals surface area contributed by atoms with Gasteiger partial charge in [-0.05, 0) is 41.3 Å². The minimum atomic E-state index is 0.258. The maximum Gasteiger partial charge on any atom is 0.0598 e. The first-order valence-electron chi connectivity index (χ1n) is 6.06. The van der Waals surface area contributed by atoms with Crippen molar-refractivity contribution < 1.29 is 0 Å². The van der Waals surface area contributed by atoms with Gasteiger partial charge in [0.1, 0.15) is 0 Å². The second-order valence-electron chi connectivity index (χ2n) is 4.87. The van der Waals surface area contributed by atoms with Crippen LogP contribution in [0.25, 0.3) is 11.1 Å². The van der Waals surface area contributed by atoms with Crippen molar-refractivity contribution in [3.63, 3.8) is 0 Å². The Kier molecular flexibility index (Phi) is 3.48. The van der Waals surface area contributed by atoms with Crippen LogP contribution in [0.1, 0.15) is 17.9 Å². The van der Waals surface area contributed by atoms with Crippen molar-refractivity contribution in [2.45, 2.75) is 18.4 Å². The molecule has 0 heterocycles. The van der Waals surface area contributed by atoms with Crippen LogP contribution in [0, 0.1) is 0 Å². The highest BCUT2D eigenvalue weighted by Gasteiger charge is 2.36. The van der Waals surface area contributed by atoms with Crippen LogP contribution in [-0.4, -0.2) is 6.04 Å². The van der Waals surface area contributed by atoms with Crippen LogP contribution < -0.4 is 5.73 Å². The Bertz CT molecular complexity index is 639. The molecule has 0 amide bonds. The van der Waals surface area contributed by atoms with Crippen LogP contribution in [0.5, 0.6) is 0 Å². The summed E-state index contributed by atoms with van der Waals surface area (Å²) in [6.45, 7) is 0. The van der Waals surface area contributed by atoms with Gasteiger partial charge in [-0.15, -0.1) is 0 Å². The number of rotatable bonds is 2. The smallest absolute Gasteiger partial charge is 0.0598 e.